The quantitative estimate of drug-likeness (QED) is 0.313. The Balaban J connectivity index is 2.11. The second kappa shape index (κ2) is 9.43. The first-order valence-electron chi connectivity index (χ1n) is 8.17. The van der Waals surface area contributed by atoms with Crippen LogP contribution in [0.25, 0.3) is 0 Å². The van der Waals surface area contributed by atoms with Gasteiger partial charge >= 0.3 is 0 Å². The average Bonchev–Trinajstić information content (AvgIpc) is 2.61. The van der Waals surface area contributed by atoms with E-state index < -0.39 is 13.5 Å². The summed E-state index contributed by atoms with van der Waals surface area (Å²) in [5, 5.41) is 11.9. The maximum Gasteiger partial charge on any atom is 0.162 e. The Morgan fingerprint density at radius 1 is 1.38 bits per heavy atom. The highest BCUT2D eigenvalue weighted by molar-refractivity contribution is 5.81. The summed E-state index contributed by atoms with van der Waals surface area (Å²) in [7, 11) is 1.59. The zero-order valence-electron chi connectivity index (χ0n) is 13.9. The molecule has 24 heavy (non-hydrogen) atoms. The molecular weight excluding hydrogens is 316 g/mol. The van der Waals surface area contributed by atoms with E-state index in [-0.39, 0.29) is 12.0 Å². The molecule has 1 fully saturated rings. The lowest BCUT2D eigenvalue weighted by molar-refractivity contribution is 0.226. The predicted octanol–water partition coefficient (Wildman–Crippen LogP) is 2.49. The summed E-state index contributed by atoms with van der Waals surface area (Å²) in [6.07, 6.45) is 7.95. The van der Waals surface area contributed by atoms with Gasteiger partial charge in [0.25, 0.3) is 0 Å². The van der Waals surface area contributed by atoms with Gasteiger partial charge < -0.3 is 10.7 Å². The standard InChI is InChI=1S/C15H25F2N7/c1-24(20-10-17)23-14-9-19-13(8-18)15(22-14)21-12(7-16)11-5-3-2-4-6-11/h8-9,11-12,18,20H,2-7,10H2,1H3,(H2,21,22,23). The number of aromatic nitrogens is 2. The highest BCUT2D eigenvalue weighted by Gasteiger charge is 2.25. The van der Waals surface area contributed by atoms with Gasteiger partial charge in [0.15, 0.2) is 18.4 Å². The molecule has 1 aliphatic rings. The van der Waals surface area contributed by atoms with Crippen LogP contribution in [0.4, 0.5) is 20.4 Å². The first-order chi connectivity index (χ1) is 11.7. The summed E-state index contributed by atoms with van der Waals surface area (Å²) in [5.41, 5.74) is 5.56. The number of nitrogens with zero attached hydrogens (tertiary/aromatic N) is 3. The molecule has 1 aliphatic carbocycles. The van der Waals surface area contributed by atoms with Crippen molar-refractivity contribution in [2.75, 3.05) is 31.3 Å². The summed E-state index contributed by atoms with van der Waals surface area (Å²) in [5.74, 6) is 0.987. The van der Waals surface area contributed by atoms with Crippen molar-refractivity contribution in [2.24, 2.45) is 5.92 Å². The van der Waals surface area contributed by atoms with Gasteiger partial charge in [0.2, 0.25) is 0 Å². The number of anilines is 2. The summed E-state index contributed by atoms with van der Waals surface area (Å²) >= 11 is 0. The highest BCUT2D eigenvalue weighted by atomic mass is 19.1. The van der Waals surface area contributed by atoms with Gasteiger partial charge in [0, 0.05) is 13.3 Å². The van der Waals surface area contributed by atoms with Gasteiger partial charge in [-0.1, -0.05) is 19.3 Å². The second-order valence-corrected chi connectivity index (χ2v) is 5.90. The van der Waals surface area contributed by atoms with Crippen LogP contribution in [0.5, 0.6) is 0 Å². The van der Waals surface area contributed by atoms with Gasteiger partial charge in [0.1, 0.15) is 12.4 Å². The average molecular weight is 341 g/mol. The van der Waals surface area contributed by atoms with Crippen LogP contribution in [0.15, 0.2) is 6.20 Å². The molecule has 1 saturated carbocycles. The Morgan fingerprint density at radius 2 is 2.12 bits per heavy atom. The maximum absolute atomic E-state index is 13.5. The van der Waals surface area contributed by atoms with Crippen LogP contribution in [0, 0.1) is 11.3 Å². The molecule has 2 rings (SSSR count). The van der Waals surface area contributed by atoms with Gasteiger partial charge in [0.05, 0.1) is 12.2 Å². The van der Waals surface area contributed by atoms with E-state index in [2.05, 4.69) is 26.1 Å². The molecule has 1 aromatic heterocycles. The van der Waals surface area contributed by atoms with Crippen LogP contribution in [-0.2, 0) is 0 Å². The Hall–Kier alpha value is -1.87. The third kappa shape index (κ3) is 5.07. The Bertz CT molecular complexity index is 523. The van der Waals surface area contributed by atoms with E-state index in [1.165, 1.54) is 17.7 Å². The first-order valence-corrected chi connectivity index (χ1v) is 8.17. The maximum atomic E-state index is 13.5. The van der Waals surface area contributed by atoms with Crippen molar-refractivity contribution in [1.82, 2.24) is 20.5 Å². The minimum absolute atomic E-state index is 0.261. The smallest absolute Gasteiger partial charge is 0.162 e. The van der Waals surface area contributed by atoms with E-state index in [0.29, 0.717) is 17.3 Å². The molecule has 1 aromatic rings. The monoisotopic (exact) mass is 341 g/mol. The topological polar surface area (TPSA) is 89.0 Å². The van der Waals surface area contributed by atoms with Crippen LogP contribution >= 0.6 is 0 Å². The van der Waals surface area contributed by atoms with Crippen LogP contribution in [-0.4, -0.2) is 47.9 Å². The Kier molecular flexibility index (Phi) is 7.26. The molecule has 0 aromatic carbocycles. The lowest BCUT2D eigenvalue weighted by Gasteiger charge is -2.29. The molecule has 0 amide bonds. The van der Waals surface area contributed by atoms with Crippen LogP contribution in [0.3, 0.4) is 0 Å². The lowest BCUT2D eigenvalue weighted by atomic mass is 9.84. The van der Waals surface area contributed by atoms with Crippen molar-refractivity contribution in [3.63, 3.8) is 0 Å². The molecular formula is C15H25F2N7. The first kappa shape index (κ1) is 18.5. The summed E-state index contributed by atoms with van der Waals surface area (Å²) in [6.45, 7) is -1.23. The van der Waals surface area contributed by atoms with E-state index in [1.807, 2.05) is 0 Å². The van der Waals surface area contributed by atoms with E-state index in [9.17, 15) is 8.78 Å². The third-order valence-electron chi connectivity index (χ3n) is 4.22. The molecule has 0 bridgehead atoms. The molecule has 0 radical (unpaired) electrons. The van der Waals surface area contributed by atoms with Crippen LogP contribution < -0.4 is 16.2 Å². The highest BCUT2D eigenvalue weighted by Crippen LogP contribution is 2.28. The van der Waals surface area contributed by atoms with Crippen LogP contribution in [0.1, 0.15) is 37.8 Å². The molecule has 1 unspecified atom stereocenters. The molecule has 7 nitrogen and oxygen atoms in total. The fourth-order valence-corrected chi connectivity index (χ4v) is 2.96. The molecule has 134 valence electrons. The number of nitrogens with one attached hydrogen (secondary N) is 4. The Morgan fingerprint density at radius 3 is 2.75 bits per heavy atom. The van der Waals surface area contributed by atoms with E-state index in [1.54, 1.807) is 7.05 Å². The molecule has 4 N–H and O–H groups in total. The van der Waals surface area contributed by atoms with Crippen molar-refractivity contribution in [1.29, 1.82) is 5.41 Å². The van der Waals surface area contributed by atoms with E-state index >= 15 is 0 Å². The number of rotatable bonds is 9. The second-order valence-electron chi connectivity index (χ2n) is 5.90. The molecule has 1 atom stereocenters. The summed E-state index contributed by atoms with van der Waals surface area (Å²) < 4.78 is 25.8. The minimum atomic E-state index is -0.730. The van der Waals surface area contributed by atoms with E-state index in [4.69, 9.17) is 5.41 Å². The Labute approximate surface area is 140 Å². The van der Waals surface area contributed by atoms with Crippen molar-refractivity contribution in [3.8, 4) is 0 Å². The number of hydrazine groups is 2. The summed E-state index contributed by atoms with van der Waals surface area (Å²) in [4.78, 5) is 8.48. The summed E-state index contributed by atoms with van der Waals surface area (Å²) in [6, 6.07) is -0.338. The van der Waals surface area contributed by atoms with Gasteiger partial charge in [-0.15, -0.1) is 0 Å². The molecule has 1 heterocycles. The van der Waals surface area contributed by atoms with Crippen molar-refractivity contribution < 1.29 is 8.78 Å². The number of alkyl halides is 2. The normalized spacial score (nSPS) is 16.8. The van der Waals surface area contributed by atoms with Crippen LogP contribution in [0.2, 0.25) is 0 Å². The predicted molar refractivity (Wildman–Crippen MR) is 90.4 cm³/mol. The van der Waals surface area contributed by atoms with E-state index in [0.717, 1.165) is 31.9 Å². The largest absolute Gasteiger partial charge is 0.363 e. The SMILES string of the molecule is CN(NCF)Nc1cnc(C=N)c(NC(CF)C2CCCCC2)n1. The van der Waals surface area contributed by atoms with Gasteiger partial charge in [-0.05, 0) is 18.8 Å². The fraction of sp³-hybridized carbons (Fsp3) is 0.667. The van der Waals surface area contributed by atoms with Crippen molar-refractivity contribution in [2.45, 2.75) is 38.1 Å². The third-order valence-corrected chi connectivity index (χ3v) is 4.22. The number of hydrogen-bond acceptors (Lipinski definition) is 7. The van der Waals surface area contributed by atoms with Crippen molar-refractivity contribution >= 4 is 17.9 Å². The fourth-order valence-electron chi connectivity index (χ4n) is 2.96. The molecule has 0 saturated heterocycles. The zero-order chi connectivity index (χ0) is 17.4. The minimum Gasteiger partial charge on any atom is -0.363 e. The molecule has 0 aliphatic heterocycles. The molecule has 0 spiro atoms. The number of hydrogen-bond donors (Lipinski definition) is 4. The van der Waals surface area contributed by atoms with Gasteiger partial charge in [-0.2, -0.15) is 5.12 Å². The lowest BCUT2D eigenvalue weighted by Crippen LogP contribution is -2.39. The number of halogens is 2. The molecule has 9 heteroatoms. The van der Waals surface area contributed by atoms with Crippen molar-refractivity contribution in [3.05, 3.63) is 11.9 Å². The zero-order valence-corrected chi connectivity index (χ0v) is 13.9. The van der Waals surface area contributed by atoms with Gasteiger partial charge in [-0.25, -0.2) is 24.2 Å². The van der Waals surface area contributed by atoms with Gasteiger partial charge in [-0.3, -0.25) is 5.43 Å².